The molecule has 0 N–H and O–H groups in total. The minimum atomic E-state index is 0.648. The van der Waals surface area contributed by atoms with Crippen LogP contribution in [-0.4, -0.2) is 42.5 Å². The van der Waals surface area contributed by atoms with E-state index in [1.54, 1.807) is 21.3 Å². The molecule has 15 aromatic carbocycles. The molecular formula is C103H87N3O3S3. The molecule has 5 aromatic heterocycles. The largest absolute Gasteiger partial charge is 0.497 e. The lowest BCUT2D eigenvalue weighted by atomic mass is 9.97. The molecule has 5 heterocycles. The van der Waals surface area contributed by atoms with E-state index in [1.807, 2.05) is 157 Å². The molecule has 0 aliphatic heterocycles. The molecule has 550 valence electrons. The Kier molecular flexibility index (Phi) is 26.6. The number of thiophene rings is 2. The number of methoxy groups -OCH3 is 3. The van der Waals surface area contributed by atoms with Crippen LogP contribution in [0, 0.1) is 27.7 Å². The van der Waals surface area contributed by atoms with Crippen LogP contribution < -0.4 is 14.2 Å². The summed E-state index contributed by atoms with van der Waals surface area (Å²) in [5.74, 6) is 2.47. The number of para-hydroxylation sites is 2. The molecule has 0 aliphatic rings. The van der Waals surface area contributed by atoms with Gasteiger partial charge in [0.05, 0.1) is 37.9 Å². The zero-order valence-electron chi connectivity index (χ0n) is 64.2. The predicted octanol–water partition coefficient (Wildman–Crippen LogP) is 29.2. The number of ether oxygens (including phenoxy) is 3. The molecule has 0 amide bonds. The lowest BCUT2D eigenvalue weighted by Crippen LogP contribution is -1.89. The van der Waals surface area contributed by atoms with Crippen LogP contribution in [-0.2, 0) is 0 Å². The van der Waals surface area contributed by atoms with Crippen molar-refractivity contribution in [1.82, 2.24) is 15.0 Å². The Balaban J connectivity index is 0.000000113. The number of nitrogens with zero attached hydrogens (tertiary/aromatic N) is 3. The standard InChI is InChI=1S/C17H14O.C16H13NO.C16H13N.C15H12S.C13H10S.C10H9N.C9H8S.C7H8O/c1-18-16-12-11-13-7-5-6-10-15(13)17(16)14-8-3-2-4-9-14;1-18-16-10-8-14-11-13(7-9-15(14)17-16)12-5-3-2-4-6-12;1-12-7-8-15-11-14(9-10-16(15)17-12)13-5-3-2-4-6-13;1-16-15-13-8-4-2-6-11(13)10-12-7-3-5-9-14(12)15;1-9-6-7-11-10-4-2-3-5-12(10)14-13(11)8-9;1-8-6-7-9-4-2-3-5-10(9)11-8;1-7-6-8-4-2-3-5-9(8)10-7;1-8-7-5-3-2-4-6-7/h2-12H,1H3;2-11H,1H3;2-11H,1H3;2-10H,1H3;2-8H,1H3;2-7H,1H3;2-6H,1H3;2-6H,1H3. The van der Waals surface area contributed by atoms with Crippen molar-refractivity contribution in [3.63, 3.8) is 0 Å². The average molecular weight is 1510 g/mol. The van der Waals surface area contributed by atoms with Gasteiger partial charge in [0, 0.05) is 73.8 Å². The minimum Gasteiger partial charge on any atom is -0.497 e. The molecule has 0 bridgehead atoms. The minimum absolute atomic E-state index is 0.648. The highest BCUT2D eigenvalue weighted by Crippen LogP contribution is 2.39. The first-order valence-corrected chi connectivity index (χ1v) is 40.1. The van der Waals surface area contributed by atoms with Crippen molar-refractivity contribution >= 4 is 130 Å². The van der Waals surface area contributed by atoms with Crippen molar-refractivity contribution in [2.24, 2.45) is 0 Å². The Bertz CT molecular complexity index is 6360. The van der Waals surface area contributed by atoms with Gasteiger partial charge < -0.3 is 14.2 Å². The van der Waals surface area contributed by atoms with Gasteiger partial charge in [0.1, 0.15) is 11.5 Å². The molecule has 6 nitrogen and oxygen atoms in total. The maximum Gasteiger partial charge on any atom is 0.213 e. The number of benzene rings is 15. The first-order chi connectivity index (χ1) is 55.0. The molecule has 0 radical (unpaired) electrons. The van der Waals surface area contributed by atoms with Crippen molar-refractivity contribution in [2.45, 2.75) is 32.6 Å². The third-order valence-corrected chi connectivity index (χ3v) is 21.8. The summed E-state index contributed by atoms with van der Waals surface area (Å²) >= 11 is 5.56. The molecule has 0 aliphatic carbocycles. The lowest BCUT2D eigenvalue weighted by molar-refractivity contribution is 0.399. The highest BCUT2D eigenvalue weighted by atomic mass is 32.2. The number of thioether (sulfide) groups is 1. The van der Waals surface area contributed by atoms with Gasteiger partial charge in [-0.15, -0.1) is 34.4 Å². The van der Waals surface area contributed by atoms with Crippen LogP contribution >= 0.6 is 34.4 Å². The van der Waals surface area contributed by atoms with Gasteiger partial charge in [0.25, 0.3) is 0 Å². The number of aromatic nitrogens is 3. The molecule has 0 fully saturated rings. The number of fused-ring (bicyclic) bond motifs is 10. The lowest BCUT2D eigenvalue weighted by Gasteiger charge is -2.12. The van der Waals surface area contributed by atoms with E-state index in [9.17, 15) is 0 Å². The Morgan fingerprint density at radius 1 is 0.268 bits per heavy atom. The fourth-order valence-electron chi connectivity index (χ4n) is 13.3. The molecule has 0 atom stereocenters. The molecule has 0 spiro atoms. The second-order valence-corrected chi connectivity index (χ2v) is 29.8. The number of rotatable bonds is 7. The van der Waals surface area contributed by atoms with E-state index >= 15 is 0 Å². The normalized spacial score (nSPS) is 10.5. The molecule has 20 aromatic rings. The van der Waals surface area contributed by atoms with Crippen LogP contribution in [0.4, 0.5) is 0 Å². The smallest absolute Gasteiger partial charge is 0.213 e. The zero-order valence-corrected chi connectivity index (χ0v) is 66.6. The van der Waals surface area contributed by atoms with E-state index < -0.39 is 0 Å². The summed E-state index contributed by atoms with van der Waals surface area (Å²) in [7, 11) is 5.01. The topological polar surface area (TPSA) is 66.4 Å². The van der Waals surface area contributed by atoms with Gasteiger partial charge in [0.2, 0.25) is 5.88 Å². The first-order valence-electron chi connectivity index (χ1n) is 37.2. The van der Waals surface area contributed by atoms with Crippen LogP contribution in [0.5, 0.6) is 17.4 Å². The SMILES string of the molecule is COc1ccc2cc(-c3ccccc3)ccc2n1.COc1ccc2ccccc2c1-c1ccccc1.COc1ccccc1.CSc1c2ccccc2cc2ccccc12.Cc1cc2ccccc2s1.Cc1ccc2c(c1)sc1ccccc12.Cc1ccc2cc(-c3ccccc3)ccc2n1.Cc1ccc2ccccc2n1. The third-order valence-electron chi connectivity index (χ3n) is 18.8. The van der Waals surface area contributed by atoms with Gasteiger partial charge in [-0.1, -0.05) is 279 Å². The van der Waals surface area contributed by atoms with Crippen LogP contribution in [0.2, 0.25) is 0 Å². The number of hydrogen-bond acceptors (Lipinski definition) is 9. The molecular weight excluding hydrogens is 1420 g/mol. The summed E-state index contributed by atoms with van der Waals surface area (Å²) < 4.78 is 19.7. The average Bonchev–Trinajstić information content (AvgIpc) is 1.26. The zero-order chi connectivity index (χ0) is 77.4. The Morgan fingerprint density at radius 3 is 1.29 bits per heavy atom. The highest BCUT2D eigenvalue weighted by molar-refractivity contribution is 7.99. The van der Waals surface area contributed by atoms with Crippen molar-refractivity contribution in [3.8, 4) is 50.8 Å². The van der Waals surface area contributed by atoms with Crippen LogP contribution in [0.15, 0.2) is 387 Å². The summed E-state index contributed by atoms with van der Waals surface area (Å²) in [6.07, 6.45) is 2.15. The van der Waals surface area contributed by atoms with Crippen LogP contribution in [0.25, 0.3) is 129 Å². The Hall–Kier alpha value is -12.8. The van der Waals surface area contributed by atoms with E-state index in [0.29, 0.717) is 5.88 Å². The number of hydrogen-bond donors (Lipinski definition) is 0. The third kappa shape index (κ3) is 20.0. The Morgan fingerprint density at radius 2 is 0.723 bits per heavy atom. The summed E-state index contributed by atoms with van der Waals surface area (Å²) in [4.78, 5) is 16.1. The second-order valence-electron chi connectivity index (χ2n) is 26.6. The van der Waals surface area contributed by atoms with Crippen molar-refractivity contribution < 1.29 is 14.2 Å². The summed E-state index contributed by atoms with van der Waals surface area (Å²) in [5, 5.41) is 15.5. The van der Waals surface area contributed by atoms with Gasteiger partial charge in [-0.2, -0.15) is 0 Å². The van der Waals surface area contributed by atoms with Gasteiger partial charge in [0.15, 0.2) is 0 Å². The number of pyridine rings is 3. The molecule has 20 rings (SSSR count). The molecule has 0 unspecified atom stereocenters. The van der Waals surface area contributed by atoms with Gasteiger partial charge in [-0.3, -0.25) is 9.97 Å². The summed E-state index contributed by atoms with van der Waals surface area (Å²) in [6, 6.07) is 132. The summed E-state index contributed by atoms with van der Waals surface area (Å²) in [5.41, 5.74) is 13.8. The van der Waals surface area contributed by atoms with E-state index in [1.165, 1.54) is 117 Å². The van der Waals surface area contributed by atoms with E-state index in [4.69, 9.17) is 14.2 Å². The molecule has 0 saturated carbocycles. The maximum atomic E-state index is 5.51. The monoisotopic (exact) mass is 1510 g/mol. The van der Waals surface area contributed by atoms with Crippen molar-refractivity contribution in [1.29, 1.82) is 0 Å². The van der Waals surface area contributed by atoms with Crippen LogP contribution in [0.3, 0.4) is 0 Å². The maximum absolute atomic E-state index is 5.51. The van der Waals surface area contributed by atoms with Gasteiger partial charge in [-0.25, -0.2) is 4.98 Å². The molecule has 9 heteroatoms. The van der Waals surface area contributed by atoms with Crippen molar-refractivity contribution in [3.05, 3.63) is 404 Å². The quantitative estimate of drug-likeness (QED) is 0.116. The van der Waals surface area contributed by atoms with Crippen molar-refractivity contribution in [2.75, 3.05) is 27.6 Å². The number of aryl methyl sites for hydroxylation is 4. The highest BCUT2D eigenvalue weighted by Gasteiger charge is 2.11. The molecule has 112 heavy (non-hydrogen) atoms. The predicted molar refractivity (Wildman–Crippen MR) is 485 cm³/mol. The van der Waals surface area contributed by atoms with E-state index in [-0.39, 0.29) is 0 Å². The second kappa shape index (κ2) is 38.5. The Labute approximate surface area is 669 Å². The fourth-order valence-corrected chi connectivity index (χ4v) is 16.2. The molecule has 0 saturated heterocycles. The van der Waals surface area contributed by atoms with Gasteiger partial charge >= 0.3 is 0 Å². The fraction of sp³-hybridized carbons (Fsp3) is 0.0777. The van der Waals surface area contributed by atoms with E-state index in [2.05, 4.69) is 308 Å². The first kappa shape index (κ1) is 77.4. The summed E-state index contributed by atoms with van der Waals surface area (Å²) in [6.45, 7) is 8.31. The van der Waals surface area contributed by atoms with Gasteiger partial charge in [-0.05, 0) is 202 Å². The van der Waals surface area contributed by atoms with E-state index in [0.717, 1.165) is 50.4 Å². The van der Waals surface area contributed by atoms with Crippen LogP contribution in [0.1, 0.15) is 21.8 Å².